The second kappa shape index (κ2) is 17.7. The fourth-order valence-electron chi connectivity index (χ4n) is 18.2. The predicted molar refractivity (Wildman–Crippen MR) is 263 cm³/mol. The number of morpholine rings is 1. The van der Waals surface area contributed by atoms with Gasteiger partial charge in [-0.25, -0.2) is 0 Å². The van der Waals surface area contributed by atoms with Gasteiger partial charge in [-0.15, -0.1) is 0 Å². The van der Waals surface area contributed by atoms with Crippen molar-refractivity contribution in [1.82, 2.24) is 15.1 Å². The van der Waals surface area contributed by atoms with E-state index in [0.29, 0.717) is 67.0 Å². The summed E-state index contributed by atoms with van der Waals surface area (Å²) in [6.45, 7) is 26.0. The van der Waals surface area contributed by atoms with Crippen LogP contribution in [-0.4, -0.2) is 92.1 Å². The van der Waals surface area contributed by atoms with E-state index >= 15 is 4.79 Å². The first-order valence-corrected chi connectivity index (χ1v) is 27.6. The molecule has 7 aliphatic carbocycles. The number of fused-ring (bicyclic) bond motifs is 7. The number of hydrogen-bond donors (Lipinski definition) is 1. The summed E-state index contributed by atoms with van der Waals surface area (Å²) in [5, 5.41) is 3.23. The van der Waals surface area contributed by atoms with Gasteiger partial charge in [0.15, 0.2) is 0 Å². The standard InChI is InChI=1S/C58H87N3O7/c1-52(2)42(49(63)67-37-38-12-10-9-11-13-38)36-43(52)50(64)68-46-18-21-55(6)44(53(46,3)4)17-22-57(8)45(55)15-14-41-47-40(54(5)24-25-54)16-23-58(47,27-26-56(41,57)7)51(65)61-29-19-39(20-30-61)48(62)59-28-31-60-32-34-66-35-33-60/h9-13,39-47H,14-37H2,1-8H3,(H,59,62)/t40-,41-,42+,43-,44+,45-,46+,47-,55+,56-,57-,58+/m1/s1. The van der Waals surface area contributed by atoms with E-state index in [1.807, 2.05) is 44.2 Å². The summed E-state index contributed by atoms with van der Waals surface area (Å²) < 4.78 is 17.9. The SMILES string of the molecule is CC1([C@@H]2CC[C@]3(C(=O)N4CCC(C(=O)NCCN5CCOCC5)CC4)CC[C@]4(C)[C@H](CC[C@@H]5[C@@]6(C)CC[C@H](OC(=O)[C@H]7C[C@@H](C(=O)OCc8ccccc8)C7(C)C)C(C)(C)[C@@H]6CC[C@]54C)[C@@H]23)CC1. The number of hydrogen-bond acceptors (Lipinski definition) is 8. The summed E-state index contributed by atoms with van der Waals surface area (Å²) in [6, 6.07) is 9.77. The second-order valence-electron chi connectivity index (χ2n) is 26.5. The Morgan fingerprint density at radius 1 is 0.676 bits per heavy atom. The number of carbonyl (C=O) groups is 4. The minimum atomic E-state index is -0.519. The number of esters is 2. The first-order valence-electron chi connectivity index (χ1n) is 27.6. The Balaban J connectivity index is 0.799. The molecule has 10 nitrogen and oxygen atoms in total. The van der Waals surface area contributed by atoms with Crippen LogP contribution in [0.4, 0.5) is 0 Å². The van der Waals surface area contributed by atoms with Crippen LogP contribution in [0.3, 0.4) is 0 Å². The summed E-state index contributed by atoms with van der Waals surface area (Å²) in [6.07, 6.45) is 15.5. The van der Waals surface area contributed by atoms with Crippen LogP contribution in [0.2, 0.25) is 0 Å². The molecular weight excluding hydrogens is 851 g/mol. The smallest absolute Gasteiger partial charge is 0.309 e. The van der Waals surface area contributed by atoms with E-state index in [1.54, 1.807) is 0 Å². The number of carbonyl (C=O) groups excluding carboxylic acids is 4. The number of ether oxygens (including phenoxy) is 3. The summed E-state index contributed by atoms with van der Waals surface area (Å²) in [4.78, 5) is 60.7. The van der Waals surface area contributed by atoms with Gasteiger partial charge in [0.05, 0.1) is 30.5 Å². The summed E-state index contributed by atoms with van der Waals surface area (Å²) in [5.74, 6) is 2.18. The van der Waals surface area contributed by atoms with Gasteiger partial charge in [-0.2, -0.15) is 0 Å². The highest BCUT2D eigenvalue weighted by molar-refractivity contribution is 5.85. The highest BCUT2D eigenvalue weighted by atomic mass is 16.5. The molecule has 10 heteroatoms. The topological polar surface area (TPSA) is 114 Å². The minimum Gasteiger partial charge on any atom is -0.462 e. The number of piperidine rings is 1. The highest BCUT2D eigenvalue weighted by Gasteiger charge is 2.74. The summed E-state index contributed by atoms with van der Waals surface area (Å²) in [7, 11) is 0. The van der Waals surface area contributed by atoms with Gasteiger partial charge >= 0.3 is 11.9 Å². The van der Waals surface area contributed by atoms with Gasteiger partial charge in [-0.3, -0.25) is 24.1 Å². The van der Waals surface area contributed by atoms with E-state index in [4.69, 9.17) is 14.2 Å². The molecule has 2 saturated heterocycles. The van der Waals surface area contributed by atoms with E-state index in [9.17, 15) is 14.4 Å². The second-order valence-corrected chi connectivity index (χ2v) is 26.5. The van der Waals surface area contributed by atoms with Crippen molar-refractivity contribution in [2.24, 2.45) is 85.2 Å². The van der Waals surface area contributed by atoms with Crippen molar-refractivity contribution in [3.63, 3.8) is 0 Å². The van der Waals surface area contributed by atoms with Crippen LogP contribution in [0, 0.1) is 85.2 Å². The van der Waals surface area contributed by atoms with Crippen molar-refractivity contribution < 1.29 is 33.4 Å². The van der Waals surface area contributed by atoms with Crippen LogP contribution in [0.5, 0.6) is 0 Å². The summed E-state index contributed by atoms with van der Waals surface area (Å²) in [5.41, 5.74) is 0.810. The quantitative estimate of drug-likeness (QED) is 0.218. The lowest BCUT2D eigenvalue weighted by molar-refractivity contribution is -0.253. The maximum atomic E-state index is 15.4. The van der Waals surface area contributed by atoms with E-state index < -0.39 is 5.41 Å². The zero-order valence-corrected chi connectivity index (χ0v) is 43.3. The number of likely N-dealkylation sites (tertiary alicyclic amines) is 1. The number of nitrogens with zero attached hydrogens (tertiary/aromatic N) is 2. The molecule has 10 rings (SSSR count). The fraction of sp³-hybridized carbons (Fsp3) is 0.828. The molecule has 7 saturated carbocycles. The highest BCUT2D eigenvalue weighted by Crippen LogP contribution is 2.79. The lowest BCUT2D eigenvalue weighted by Crippen LogP contribution is -2.68. The molecule has 376 valence electrons. The molecule has 0 spiro atoms. The molecule has 9 fully saturated rings. The van der Waals surface area contributed by atoms with Crippen LogP contribution in [-0.2, 0) is 40.0 Å². The van der Waals surface area contributed by atoms with E-state index in [0.717, 1.165) is 89.8 Å². The Morgan fingerprint density at radius 2 is 1.38 bits per heavy atom. The van der Waals surface area contributed by atoms with Crippen molar-refractivity contribution in [2.75, 3.05) is 52.5 Å². The third-order valence-corrected chi connectivity index (χ3v) is 23.0. The molecule has 0 unspecified atom stereocenters. The third kappa shape index (κ3) is 7.82. The molecule has 0 bridgehead atoms. The molecule has 2 heterocycles. The van der Waals surface area contributed by atoms with Crippen LogP contribution in [0.1, 0.15) is 157 Å². The molecule has 2 aliphatic heterocycles. The Bertz CT molecular complexity index is 2070. The number of amides is 2. The van der Waals surface area contributed by atoms with Crippen molar-refractivity contribution in [2.45, 2.75) is 164 Å². The maximum Gasteiger partial charge on any atom is 0.309 e. The normalized spacial score (nSPS) is 41.4. The molecule has 1 aromatic carbocycles. The first kappa shape index (κ1) is 48.6. The van der Waals surface area contributed by atoms with Gasteiger partial charge in [-0.05, 0) is 159 Å². The lowest BCUT2D eigenvalue weighted by Gasteiger charge is -2.73. The van der Waals surface area contributed by atoms with Crippen molar-refractivity contribution in [1.29, 1.82) is 0 Å². The van der Waals surface area contributed by atoms with Crippen molar-refractivity contribution in [3.05, 3.63) is 35.9 Å². The molecule has 68 heavy (non-hydrogen) atoms. The van der Waals surface area contributed by atoms with Gasteiger partial charge in [-0.1, -0.05) is 85.7 Å². The molecule has 2 amide bonds. The monoisotopic (exact) mass is 938 g/mol. The van der Waals surface area contributed by atoms with Crippen LogP contribution >= 0.6 is 0 Å². The summed E-state index contributed by atoms with van der Waals surface area (Å²) >= 11 is 0. The van der Waals surface area contributed by atoms with Gasteiger partial charge in [0.2, 0.25) is 11.8 Å². The minimum absolute atomic E-state index is 0.0159. The number of rotatable bonds is 11. The zero-order chi connectivity index (χ0) is 48.1. The Labute approximate surface area is 408 Å². The Morgan fingerprint density at radius 3 is 2.07 bits per heavy atom. The Hall–Kier alpha value is -2.98. The van der Waals surface area contributed by atoms with E-state index in [-0.39, 0.29) is 75.4 Å². The van der Waals surface area contributed by atoms with Gasteiger partial charge in [0, 0.05) is 50.6 Å². The molecular formula is C58H87N3O7. The number of benzene rings is 1. The van der Waals surface area contributed by atoms with Gasteiger partial charge < -0.3 is 24.4 Å². The van der Waals surface area contributed by atoms with E-state index in [1.165, 1.54) is 38.5 Å². The Kier molecular flexibility index (Phi) is 12.6. The first-order chi connectivity index (χ1) is 32.3. The van der Waals surface area contributed by atoms with Crippen molar-refractivity contribution >= 4 is 23.8 Å². The molecule has 9 aliphatic rings. The molecule has 1 N–H and O–H groups in total. The third-order valence-electron chi connectivity index (χ3n) is 23.0. The van der Waals surface area contributed by atoms with Crippen LogP contribution < -0.4 is 5.32 Å². The largest absolute Gasteiger partial charge is 0.462 e. The molecule has 1 aromatic rings. The lowest BCUT2D eigenvalue weighted by atomic mass is 9.32. The average molecular weight is 938 g/mol. The van der Waals surface area contributed by atoms with Crippen LogP contribution in [0.25, 0.3) is 0 Å². The zero-order valence-electron chi connectivity index (χ0n) is 43.3. The molecule has 0 radical (unpaired) electrons. The predicted octanol–water partition coefficient (Wildman–Crippen LogP) is 9.87. The average Bonchev–Trinajstić information content (AvgIpc) is 3.94. The van der Waals surface area contributed by atoms with Crippen molar-refractivity contribution in [3.8, 4) is 0 Å². The number of nitrogens with one attached hydrogen (secondary N) is 1. The molecule has 0 aromatic heterocycles. The van der Waals surface area contributed by atoms with Gasteiger partial charge in [0.25, 0.3) is 0 Å². The van der Waals surface area contributed by atoms with Crippen LogP contribution in [0.15, 0.2) is 30.3 Å². The fourth-order valence-corrected chi connectivity index (χ4v) is 18.2. The van der Waals surface area contributed by atoms with E-state index in [2.05, 4.69) is 56.7 Å². The van der Waals surface area contributed by atoms with Gasteiger partial charge in [0.1, 0.15) is 12.7 Å². The maximum absolute atomic E-state index is 15.4. The molecule has 12 atom stereocenters.